The molecule has 0 aliphatic carbocycles. The molecule has 0 saturated heterocycles. The smallest absolute Gasteiger partial charge is 0.408 e. The zero-order chi connectivity index (χ0) is 26.0. The molecule has 2 N–H and O–H groups in total. The van der Waals surface area contributed by atoms with Gasteiger partial charge in [-0.1, -0.05) is 84.9 Å². The number of nitrogens with one attached hydrogen (secondary N) is 1. The fraction of sp³-hybridized carbons (Fsp3) is 0.286. The average molecular weight is 510 g/mol. The van der Waals surface area contributed by atoms with Crippen LogP contribution in [0.15, 0.2) is 84.9 Å². The molecule has 7 nitrogen and oxygen atoms in total. The van der Waals surface area contributed by atoms with Crippen LogP contribution in [0.5, 0.6) is 0 Å². The third kappa shape index (κ3) is 8.08. The summed E-state index contributed by atoms with van der Waals surface area (Å²) in [7, 11) is -3.97. The van der Waals surface area contributed by atoms with Gasteiger partial charge in [-0.2, -0.15) is 0 Å². The first-order valence-electron chi connectivity index (χ1n) is 11.9. The Kier molecular flexibility index (Phi) is 9.86. The van der Waals surface area contributed by atoms with E-state index in [9.17, 15) is 19.0 Å². The molecule has 0 spiro atoms. The Labute approximate surface area is 211 Å². The minimum Gasteiger partial charge on any atom is -0.466 e. The van der Waals surface area contributed by atoms with E-state index in [-0.39, 0.29) is 25.8 Å². The maximum atomic E-state index is 13.1. The zero-order valence-electron chi connectivity index (χ0n) is 20.5. The summed E-state index contributed by atoms with van der Waals surface area (Å²) in [6, 6.07) is 26.7. The minimum absolute atomic E-state index is 0.0412. The molecule has 0 aliphatic rings. The maximum Gasteiger partial charge on any atom is 0.408 e. The van der Waals surface area contributed by atoms with Crippen LogP contribution in [0.2, 0.25) is 0 Å². The Morgan fingerprint density at radius 2 is 1.44 bits per heavy atom. The molecule has 0 radical (unpaired) electrons. The highest BCUT2D eigenvalue weighted by molar-refractivity contribution is 7.58. The van der Waals surface area contributed by atoms with E-state index in [1.807, 2.05) is 84.9 Å². The lowest BCUT2D eigenvalue weighted by Gasteiger charge is -2.24. The van der Waals surface area contributed by atoms with Crippen LogP contribution in [0.4, 0.5) is 4.79 Å². The van der Waals surface area contributed by atoms with Crippen molar-refractivity contribution in [2.24, 2.45) is 5.92 Å². The number of hydrogen-bond acceptors (Lipinski definition) is 5. The lowest BCUT2D eigenvalue weighted by atomic mass is 9.98. The van der Waals surface area contributed by atoms with Gasteiger partial charge in [0.15, 0.2) is 0 Å². The fourth-order valence-electron chi connectivity index (χ4n) is 3.74. The molecule has 0 saturated carbocycles. The van der Waals surface area contributed by atoms with Gasteiger partial charge >= 0.3 is 12.1 Å². The number of ether oxygens (including phenoxy) is 2. The topological polar surface area (TPSA) is 102 Å². The minimum atomic E-state index is -3.97. The number of carbonyl (C=O) groups is 2. The molecule has 3 aromatic rings. The van der Waals surface area contributed by atoms with Crippen molar-refractivity contribution in [3.8, 4) is 11.1 Å². The second-order valence-corrected chi connectivity index (χ2v) is 11.2. The monoisotopic (exact) mass is 509 g/mol. The third-order valence-corrected chi connectivity index (χ3v) is 8.09. The number of alkyl carbamates (subject to hydrolysis) is 1. The van der Waals surface area contributed by atoms with Gasteiger partial charge in [0, 0.05) is 6.16 Å². The average Bonchev–Trinajstić information content (AvgIpc) is 2.88. The summed E-state index contributed by atoms with van der Waals surface area (Å²) < 4.78 is 23.5. The van der Waals surface area contributed by atoms with Crippen molar-refractivity contribution in [1.82, 2.24) is 5.32 Å². The Morgan fingerprint density at radius 1 is 0.861 bits per heavy atom. The van der Waals surface area contributed by atoms with Crippen molar-refractivity contribution >= 4 is 19.4 Å². The van der Waals surface area contributed by atoms with E-state index in [1.165, 1.54) is 6.92 Å². The molecule has 8 heteroatoms. The van der Waals surface area contributed by atoms with Gasteiger partial charge < -0.3 is 19.7 Å². The van der Waals surface area contributed by atoms with Crippen LogP contribution in [0.3, 0.4) is 0 Å². The molecule has 3 aromatic carbocycles. The van der Waals surface area contributed by atoms with Gasteiger partial charge in [-0.3, -0.25) is 9.36 Å². The SMILES string of the molecule is CCOC(=O)C(Cc1ccc(-c2ccccc2)cc1)CP(=O)(O)[C@H](C)NC(=O)OCc1ccccc1. The number of rotatable bonds is 11. The van der Waals surface area contributed by atoms with Crippen molar-refractivity contribution in [3.05, 3.63) is 96.1 Å². The molecule has 0 fully saturated rings. The van der Waals surface area contributed by atoms with Crippen LogP contribution in [0.25, 0.3) is 11.1 Å². The van der Waals surface area contributed by atoms with E-state index in [4.69, 9.17) is 9.47 Å². The summed E-state index contributed by atoms with van der Waals surface area (Å²) in [5.74, 6) is -2.48. The molecule has 1 amide bonds. The molecule has 2 unspecified atom stereocenters. The normalized spacial score (nSPS) is 14.2. The molecule has 0 heterocycles. The van der Waals surface area contributed by atoms with Crippen LogP contribution in [-0.4, -0.2) is 35.5 Å². The van der Waals surface area contributed by atoms with E-state index in [2.05, 4.69) is 5.32 Å². The quantitative estimate of drug-likeness (QED) is 0.257. The molecular formula is C28H32NO6P. The lowest BCUT2D eigenvalue weighted by Crippen LogP contribution is -2.35. The Bertz CT molecular complexity index is 1170. The lowest BCUT2D eigenvalue weighted by molar-refractivity contribution is -0.147. The van der Waals surface area contributed by atoms with Gasteiger partial charge in [0.2, 0.25) is 7.37 Å². The molecule has 0 bridgehead atoms. The largest absolute Gasteiger partial charge is 0.466 e. The summed E-state index contributed by atoms with van der Waals surface area (Å²) in [4.78, 5) is 35.6. The summed E-state index contributed by atoms with van der Waals surface area (Å²) in [6.45, 7) is 3.33. The molecule has 3 rings (SSSR count). The van der Waals surface area contributed by atoms with Gasteiger partial charge in [0.25, 0.3) is 0 Å². The highest BCUT2D eigenvalue weighted by atomic mass is 31.2. The standard InChI is InChI=1S/C28H32NO6P/c1-3-34-27(30)26(18-22-14-16-25(17-15-22)24-12-8-5-9-13-24)20-36(32,33)21(2)29-28(31)35-19-23-10-6-4-7-11-23/h4-17,21,26H,3,18-20H2,1-2H3,(H,29,31)(H,32,33)/t21-,26?/m1/s1. The first-order valence-corrected chi connectivity index (χ1v) is 13.8. The van der Waals surface area contributed by atoms with Crippen molar-refractivity contribution in [2.45, 2.75) is 32.7 Å². The fourth-order valence-corrected chi connectivity index (χ4v) is 5.27. The molecule has 0 aromatic heterocycles. The summed E-state index contributed by atoms with van der Waals surface area (Å²) in [6.07, 6.45) is -0.888. The zero-order valence-corrected chi connectivity index (χ0v) is 21.4. The Hall–Kier alpha value is -3.41. The van der Waals surface area contributed by atoms with E-state index in [0.29, 0.717) is 0 Å². The van der Waals surface area contributed by atoms with Crippen LogP contribution in [-0.2, 0) is 31.9 Å². The molecule has 3 atom stereocenters. The van der Waals surface area contributed by atoms with E-state index in [1.54, 1.807) is 6.92 Å². The Morgan fingerprint density at radius 3 is 2.06 bits per heavy atom. The van der Waals surface area contributed by atoms with Crippen molar-refractivity contribution in [1.29, 1.82) is 0 Å². The molecule has 0 aliphatic heterocycles. The van der Waals surface area contributed by atoms with E-state index >= 15 is 0 Å². The van der Waals surface area contributed by atoms with Crippen molar-refractivity contribution < 1.29 is 28.5 Å². The van der Waals surface area contributed by atoms with Gasteiger partial charge in [-0.15, -0.1) is 0 Å². The number of hydrogen-bond donors (Lipinski definition) is 2. The number of amides is 1. The Balaban J connectivity index is 1.63. The first kappa shape index (κ1) is 27.2. The van der Waals surface area contributed by atoms with Crippen LogP contribution < -0.4 is 5.32 Å². The van der Waals surface area contributed by atoms with Gasteiger partial charge in [0.05, 0.1) is 12.5 Å². The third-order valence-electron chi connectivity index (χ3n) is 5.79. The number of benzene rings is 3. The van der Waals surface area contributed by atoms with Crippen LogP contribution in [0.1, 0.15) is 25.0 Å². The van der Waals surface area contributed by atoms with E-state index < -0.39 is 31.1 Å². The maximum absolute atomic E-state index is 13.1. The molecular weight excluding hydrogens is 477 g/mol. The van der Waals surface area contributed by atoms with Crippen LogP contribution >= 0.6 is 7.37 Å². The van der Waals surface area contributed by atoms with Crippen LogP contribution in [0, 0.1) is 5.92 Å². The molecule has 36 heavy (non-hydrogen) atoms. The second-order valence-electron chi connectivity index (χ2n) is 8.54. The summed E-state index contributed by atoms with van der Waals surface area (Å²) >= 11 is 0. The predicted molar refractivity (Wildman–Crippen MR) is 140 cm³/mol. The first-order chi connectivity index (χ1) is 17.3. The van der Waals surface area contributed by atoms with Gasteiger partial charge in [0.1, 0.15) is 12.4 Å². The number of carbonyl (C=O) groups excluding carboxylic acids is 2. The highest BCUT2D eigenvalue weighted by Gasteiger charge is 2.35. The van der Waals surface area contributed by atoms with Gasteiger partial charge in [-0.25, -0.2) is 4.79 Å². The van der Waals surface area contributed by atoms with Crippen molar-refractivity contribution in [3.63, 3.8) is 0 Å². The van der Waals surface area contributed by atoms with Gasteiger partial charge in [-0.05, 0) is 42.5 Å². The number of esters is 1. The molecule has 190 valence electrons. The summed E-state index contributed by atoms with van der Waals surface area (Å²) in [5.41, 5.74) is 3.75. The second kappa shape index (κ2) is 13.1. The van der Waals surface area contributed by atoms with Crippen molar-refractivity contribution in [2.75, 3.05) is 12.8 Å². The summed E-state index contributed by atoms with van der Waals surface area (Å²) in [5, 5.41) is 2.43. The predicted octanol–water partition coefficient (Wildman–Crippen LogP) is 5.62. The van der Waals surface area contributed by atoms with E-state index in [0.717, 1.165) is 22.3 Å². The highest BCUT2D eigenvalue weighted by Crippen LogP contribution is 2.47.